The summed E-state index contributed by atoms with van der Waals surface area (Å²) in [4.78, 5) is 11.4. The number of benzene rings is 2. The Hall–Kier alpha value is -2.98. The molecule has 0 aliphatic heterocycles. The molecule has 1 saturated carbocycles. The minimum absolute atomic E-state index is 0.120. The van der Waals surface area contributed by atoms with Gasteiger partial charge in [0.2, 0.25) is 0 Å². The van der Waals surface area contributed by atoms with E-state index in [1.807, 2.05) is 0 Å². The van der Waals surface area contributed by atoms with Crippen LogP contribution in [0.3, 0.4) is 0 Å². The molecule has 0 saturated heterocycles. The summed E-state index contributed by atoms with van der Waals surface area (Å²) in [5, 5.41) is 32.8. The minimum Gasteiger partial charge on any atom is -0.507 e. The molecule has 1 fully saturated rings. The number of nitriles is 1. The van der Waals surface area contributed by atoms with Crippen LogP contribution in [-0.2, 0) is 21.0 Å². The molecule has 3 N–H and O–H groups in total. The van der Waals surface area contributed by atoms with E-state index in [4.69, 9.17) is 0 Å². The zero-order valence-corrected chi connectivity index (χ0v) is 19.9. The number of nitrogens with zero attached hydrogens (tertiary/aromatic N) is 1. The highest BCUT2D eigenvalue weighted by Crippen LogP contribution is 2.46. The van der Waals surface area contributed by atoms with Crippen molar-refractivity contribution < 1.29 is 41.3 Å². The zero-order valence-electron chi connectivity index (χ0n) is 17.5. The maximum absolute atomic E-state index is 13.1. The summed E-state index contributed by atoms with van der Waals surface area (Å²) in [6.07, 6.45) is -3.51. The number of alkyl halides is 3. The van der Waals surface area contributed by atoms with E-state index in [0.29, 0.717) is 18.4 Å². The van der Waals surface area contributed by atoms with Gasteiger partial charge in [0, 0.05) is 17.1 Å². The number of aromatic hydroxyl groups is 2. The molecule has 1 aliphatic rings. The fourth-order valence-electron chi connectivity index (χ4n) is 3.66. The number of nitrogens with one attached hydrogen (secondary N) is 1. The number of halogens is 4. The summed E-state index contributed by atoms with van der Waals surface area (Å²) in [5.74, 6) is -4.78. The first-order chi connectivity index (χ1) is 15.7. The highest BCUT2D eigenvalue weighted by atomic mass is 79.9. The van der Waals surface area contributed by atoms with Crippen molar-refractivity contribution in [1.29, 1.82) is 5.26 Å². The Bertz CT molecular complexity index is 1300. The summed E-state index contributed by atoms with van der Waals surface area (Å²) in [7, 11) is -3.27. The standard InChI is InChI=1S/C21H18BrF3N2O6S/c1-27-19(30)14-6-12(20(10-26)3-2-4-20)5-11(17(14)28)9-34(31,32)16-8-13(22)7-15(18(16)29)33-21(23,24)25/h5-8,28-29H,2-4,9H2,1H3,(H,27,30). The summed E-state index contributed by atoms with van der Waals surface area (Å²) in [5.41, 5.74) is -1.13. The molecule has 0 bridgehead atoms. The van der Waals surface area contributed by atoms with Crippen LogP contribution in [0.1, 0.15) is 40.7 Å². The fourth-order valence-corrected chi connectivity index (χ4v) is 5.73. The molecule has 182 valence electrons. The Balaban J connectivity index is 2.14. The number of amides is 1. The van der Waals surface area contributed by atoms with E-state index in [1.54, 1.807) is 0 Å². The molecule has 34 heavy (non-hydrogen) atoms. The van der Waals surface area contributed by atoms with Gasteiger partial charge in [-0.1, -0.05) is 15.9 Å². The molecule has 8 nitrogen and oxygen atoms in total. The first-order valence-electron chi connectivity index (χ1n) is 9.74. The highest BCUT2D eigenvalue weighted by Gasteiger charge is 2.40. The Kier molecular flexibility index (Phi) is 6.78. The molecule has 0 radical (unpaired) electrons. The third kappa shape index (κ3) is 4.92. The van der Waals surface area contributed by atoms with Crippen molar-refractivity contribution in [3.05, 3.63) is 45.4 Å². The van der Waals surface area contributed by atoms with Crippen LogP contribution >= 0.6 is 15.9 Å². The third-order valence-electron chi connectivity index (χ3n) is 5.55. The minimum atomic E-state index is -5.19. The van der Waals surface area contributed by atoms with E-state index >= 15 is 0 Å². The second-order valence-electron chi connectivity index (χ2n) is 7.72. The van der Waals surface area contributed by atoms with Gasteiger partial charge in [0.15, 0.2) is 21.3 Å². The molecule has 0 aromatic heterocycles. The van der Waals surface area contributed by atoms with Gasteiger partial charge in [-0.25, -0.2) is 8.42 Å². The van der Waals surface area contributed by atoms with Crippen LogP contribution in [0.2, 0.25) is 0 Å². The predicted molar refractivity (Wildman–Crippen MR) is 116 cm³/mol. The first kappa shape index (κ1) is 25.6. The van der Waals surface area contributed by atoms with Gasteiger partial charge in [-0.2, -0.15) is 5.26 Å². The number of sulfone groups is 1. The van der Waals surface area contributed by atoms with Crippen molar-refractivity contribution in [2.45, 2.75) is 41.7 Å². The number of rotatable bonds is 6. The van der Waals surface area contributed by atoms with Crippen LogP contribution in [0.4, 0.5) is 13.2 Å². The lowest BCUT2D eigenvalue weighted by atomic mass is 9.65. The number of carbonyl (C=O) groups excluding carboxylic acids is 1. The van der Waals surface area contributed by atoms with Crippen molar-refractivity contribution in [2.75, 3.05) is 7.05 Å². The van der Waals surface area contributed by atoms with Gasteiger partial charge in [0.05, 0.1) is 22.8 Å². The lowest BCUT2D eigenvalue weighted by molar-refractivity contribution is -0.275. The maximum Gasteiger partial charge on any atom is 0.573 e. The molecular formula is C21H18BrF3N2O6S. The fraction of sp³-hybridized carbons (Fsp3) is 0.333. The number of carbonyl (C=O) groups is 1. The topological polar surface area (TPSA) is 137 Å². The zero-order chi connectivity index (χ0) is 25.5. The number of phenols is 2. The van der Waals surface area contributed by atoms with E-state index in [-0.39, 0.29) is 15.6 Å². The van der Waals surface area contributed by atoms with Crippen molar-refractivity contribution in [3.63, 3.8) is 0 Å². The average Bonchev–Trinajstić information content (AvgIpc) is 2.70. The second-order valence-corrected chi connectivity index (χ2v) is 10.6. The van der Waals surface area contributed by atoms with E-state index < -0.39 is 55.4 Å². The molecule has 1 amide bonds. The molecule has 0 atom stereocenters. The lowest BCUT2D eigenvalue weighted by Gasteiger charge is -2.36. The van der Waals surface area contributed by atoms with Gasteiger partial charge >= 0.3 is 6.36 Å². The first-order valence-corrected chi connectivity index (χ1v) is 12.2. The van der Waals surface area contributed by atoms with Crippen LogP contribution < -0.4 is 10.1 Å². The van der Waals surface area contributed by atoms with Crippen molar-refractivity contribution in [3.8, 4) is 23.3 Å². The van der Waals surface area contributed by atoms with Crippen LogP contribution in [0.15, 0.2) is 33.6 Å². The van der Waals surface area contributed by atoms with E-state index in [1.165, 1.54) is 19.2 Å². The second kappa shape index (κ2) is 8.99. The molecule has 0 heterocycles. The van der Waals surface area contributed by atoms with Gasteiger partial charge < -0.3 is 20.3 Å². The summed E-state index contributed by atoms with van der Waals surface area (Å²) >= 11 is 2.89. The average molecular weight is 563 g/mol. The molecular weight excluding hydrogens is 545 g/mol. The number of hydrogen-bond donors (Lipinski definition) is 3. The van der Waals surface area contributed by atoms with E-state index in [0.717, 1.165) is 18.6 Å². The highest BCUT2D eigenvalue weighted by molar-refractivity contribution is 9.10. The predicted octanol–water partition coefficient (Wildman–Crippen LogP) is 4.04. The Morgan fingerprint density at radius 2 is 1.88 bits per heavy atom. The molecule has 0 spiro atoms. The van der Waals surface area contributed by atoms with E-state index in [2.05, 4.69) is 32.1 Å². The smallest absolute Gasteiger partial charge is 0.507 e. The molecule has 2 aromatic carbocycles. The number of phenolic OH excluding ortho intramolecular Hbond substituents is 2. The molecule has 13 heteroatoms. The Morgan fingerprint density at radius 1 is 1.24 bits per heavy atom. The summed E-state index contributed by atoms with van der Waals surface area (Å²) in [6, 6.07) is 6.40. The molecule has 2 aromatic rings. The van der Waals surface area contributed by atoms with E-state index in [9.17, 15) is 41.9 Å². The van der Waals surface area contributed by atoms with Crippen LogP contribution in [0, 0.1) is 11.3 Å². The summed E-state index contributed by atoms with van der Waals surface area (Å²) < 4.78 is 67.8. The normalized spacial score (nSPS) is 15.2. The third-order valence-corrected chi connectivity index (χ3v) is 7.68. The number of ether oxygens (including phenoxy) is 1. The molecule has 0 unspecified atom stereocenters. The van der Waals surface area contributed by atoms with Crippen molar-refractivity contribution in [1.82, 2.24) is 5.32 Å². The van der Waals surface area contributed by atoms with Gasteiger partial charge in [0.1, 0.15) is 10.6 Å². The SMILES string of the molecule is CNC(=O)c1cc(C2(C#N)CCC2)cc(CS(=O)(=O)c2cc(Br)cc(OC(F)(F)F)c2O)c1O. The van der Waals surface area contributed by atoms with Gasteiger partial charge in [-0.05, 0) is 49.1 Å². The maximum atomic E-state index is 13.1. The summed E-state index contributed by atoms with van der Waals surface area (Å²) in [6.45, 7) is 0. The van der Waals surface area contributed by atoms with Crippen molar-refractivity contribution in [2.24, 2.45) is 0 Å². The van der Waals surface area contributed by atoms with Gasteiger partial charge in [0.25, 0.3) is 5.91 Å². The van der Waals surface area contributed by atoms with Crippen LogP contribution in [-0.4, -0.2) is 37.9 Å². The van der Waals surface area contributed by atoms with Gasteiger partial charge in [-0.3, -0.25) is 4.79 Å². The Morgan fingerprint density at radius 3 is 2.38 bits per heavy atom. The molecule has 3 rings (SSSR count). The lowest BCUT2D eigenvalue weighted by Crippen LogP contribution is -2.33. The Labute approximate surface area is 201 Å². The van der Waals surface area contributed by atoms with Crippen molar-refractivity contribution >= 4 is 31.7 Å². The van der Waals surface area contributed by atoms with Crippen LogP contribution in [0.5, 0.6) is 17.2 Å². The van der Waals surface area contributed by atoms with Crippen LogP contribution in [0.25, 0.3) is 0 Å². The quantitative estimate of drug-likeness (QED) is 0.483. The monoisotopic (exact) mass is 562 g/mol. The van der Waals surface area contributed by atoms with Gasteiger partial charge in [-0.15, -0.1) is 13.2 Å². The number of hydrogen-bond acceptors (Lipinski definition) is 7. The largest absolute Gasteiger partial charge is 0.573 e. The molecule has 1 aliphatic carbocycles.